The van der Waals surface area contributed by atoms with E-state index in [-0.39, 0.29) is 5.91 Å². The first-order valence-corrected chi connectivity index (χ1v) is 9.03. The van der Waals surface area contributed by atoms with Gasteiger partial charge in [-0.1, -0.05) is 18.2 Å². The van der Waals surface area contributed by atoms with E-state index in [2.05, 4.69) is 9.55 Å². The van der Waals surface area contributed by atoms with Crippen LogP contribution in [0.3, 0.4) is 0 Å². The van der Waals surface area contributed by atoms with E-state index in [1.807, 2.05) is 67.3 Å². The quantitative estimate of drug-likeness (QED) is 0.642. The Morgan fingerprint density at radius 2 is 1.81 bits per heavy atom. The summed E-state index contributed by atoms with van der Waals surface area (Å²) in [4.78, 5) is 19.2. The Bertz CT molecular complexity index is 889. The van der Waals surface area contributed by atoms with Crippen molar-refractivity contribution in [2.75, 3.05) is 20.3 Å². The third-order valence-electron chi connectivity index (χ3n) is 4.65. The lowest BCUT2D eigenvalue weighted by Crippen LogP contribution is -2.33. The third kappa shape index (κ3) is 4.26. The van der Waals surface area contributed by atoms with Crippen molar-refractivity contribution in [2.45, 2.75) is 20.4 Å². The second-order valence-electron chi connectivity index (χ2n) is 6.53. The van der Waals surface area contributed by atoms with Crippen LogP contribution < -0.4 is 0 Å². The average Bonchev–Trinajstić information content (AvgIpc) is 3.00. The molecule has 27 heavy (non-hydrogen) atoms. The Balaban J connectivity index is 1.92. The second-order valence-corrected chi connectivity index (χ2v) is 6.53. The van der Waals surface area contributed by atoms with Gasteiger partial charge < -0.3 is 14.2 Å². The van der Waals surface area contributed by atoms with E-state index in [4.69, 9.17) is 4.74 Å². The normalized spacial score (nSPS) is 10.8. The molecule has 1 amide bonds. The van der Waals surface area contributed by atoms with Crippen molar-refractivity contribution in [3.05, 3.63) is 83.4 Å². The minimum Gasteiger partial charge on any atom is -0.383 e. The number of hydrogen-bond acceptors (Lipinski definition) is 3. The summed E-state index contributed by atoms with van der Waals surface area (Å²) >= 11 is 0. The van der Waals surface area contributed by atoms with Gasteiger partial charge in [-0.3, -0.25) is 9.78 Å². The number of rotatable bonds is 7. The van der Waals surface area contributed by atoms with Gasteiger partial charge in [0.1, 0.15) is 0 Å². The molecule has 5 heteroatoms. The minimum atomic E-state index is 0.0131. The zero-order chi connectivity index (χ0) is 19.2. The minimum absolute atomic E-state index is 0.0131. The van der Waals surface area contributed by atoms with E-state index in [1.165, 1.54) is 0 Å². The molecule has 0 aliphatic heterocycles. The van der Waals surface area contributed by atoms with Gasteiger partial charge in [-0.25, -0.2) is 0 Å². The van der Waals surface area contributed by atoms with Crippen LogP contribution in [0.1, 0.15) is 27.3 Å². The van der Waals surface area contributed by atoms with E-state index >= 15 is 0 Å². The van der Waals surface area contributed by atoms with E-state index in [0.29, 0.717) is 19.7 Å². The van der Waals surface area contributed by atoms with Gasteiger partial charge in [0.2, 0.25) is 0 Å². The summed E-state index contributed by atoms with van der Waals surface area (Å²) in [6, 6.07) is 15.9. The summed E-state index contributed by atoms with van der Waals surface area (Å²) in [5, 5.41) is 0. The Kier molecular flexibility index (Phi) is 6.04. The summed E-state index contributed by atoms with van der Waals surface area (Å²) in [6.45, 7) is 5.58. The number of aromatic nitrogens is 2. The van der Waals surface area contributed by atoms with Crippen LogP contribution in [0.4, 0.5) is 0 Å². The number of carbonyl (C=O) groups is 1. The molecule has 0 saturated heterocycles. The molecule has 0 N–H and O–H groups in total. The number of nitrogens with zero attached hydrogens (tertiary/aromatic N) is 3. The van der Waals surface area contributed by atoms with Crippen LogP contribution in [0.5, 0.6) is 0 Å². The van der Waals surface area contributed by atoms with E-state index in [0.717, 1.165) is 28.2 Å². The molecule has 140 valence electrons. The van der Waals surface area contributed by atoms with E-state index in [1.54, 1.807) is 19.5 Å². The lowest BCUT2D eigenvalue weighted by atomic mass is 10.2. The maximum atomic E-state index is 13.3. The second kappa shape index (κ2) is 8.64. The van der Waals surface area contributed by atoms with Gasteiger partial charge in [-0.15, -0.1) is 0 Å². The number of aryl methyl sites for hydroxylation is 1. The topological polar surface area (TPSA) is 47.4 Å². The molecule has 2 aromatic heterocycles. The Hall–Kier alpha value is -2.92. The predicted molar refractivity (Wildman–Crippen MR) is 106 cm³/mol. The molecule has 0 aliphatic rings. The number of hydrogen-bond donors (Lipinski definition) is 0. The number of methoxy groups -OCH3 is 1. The van der Waals surface area contributed by atoms with Gasteiger partial charge >= 0.3 is 0 Å². The summed E-state index contributed by atoms with van der Waals surface area (Å²) in [5.74, 6) is 0.0131. The van der Waals surface area contributed by atoms with Gasteiger partial charge in [-0.05, 0) is 49.7 Å². The van der Waals surface area contributed by atoms with Crippen LogP contribution in [0.2, 0.25) is 0 Å². The maximum Gasteiger partial charge on any atom is 0.256 e. The molecule has 3 aromatic rings. The molecule has 0 unspecified atom stereocenters. The first kappa shape index (κ1) is 18.9. The van der Waals surface area contributed by atoms with Crippen molar-refractivity contribution >= 4 is 5.91 Å². The molecule has 0 aliphatic carbocycles. The van der Waals surface area contributed by atoms with Crippen molar-refractivity contribution in [3.63, 3.8) is 0 Å². The molecular weight excluding hydrogens is 338 g/mol. The number of amides is 1. The molecule has 0 radical (unpaired) electrons. The molecule has 1 aromatic carbocycles. The number of ether oxygens (including phenoxy) is 1. The van der Waals surface area contributed by atoms with Crippen LogP contribution >= 0.6 is 0 Å². The molecule has 0 fully saturated rings. The predicted octanol–water partition coefficient (Wildman–Crippen LogP) is 3.78. The molecule has 0 saturated carbocycles. The lowest BCUT2D eigenvalue weighted by molar-refractivity contribution is 0.0679. The molecule has 3 rings (SSSR count). The number of carbonyl (C=O) groups excluding carboxylic acids is 1. The highest BCUT2D eigenvalue weighted by atomic mass is 16.5. The summed E-state index contributed by atoms with van der Waals surface area (Å²) in [5.41, 5.74) is 4.82. The van der Waals surface area contributed by atoms with Gasteiger partial charge in [-0.2, -0.15) is 0 Å². The van der Waals surface area contributed by atoms with Gasteiger partial charge in [0, 0.05) is 49.7 Å². The molecule has 0 atom stereocenters. The summed E-state index contributed by atoms with van der Waals surface area (Å²) in [6.07, 6.45) is 3.49. The lowest BCUT2D eigenvalue weighted by Gasteiger charge is -2.22. The molecular formula is C22H25N3O2. The highest BCUT2D eigenvalue weighted by Crippen LogP contribution is 2.22. The standard InChI is InChI=1S/C22H25N3O2/c1-17-15-21(18(2)25(17)20-7-5-4-6-8-20)22(26)24(13-14-27-3)16-19-9-11-23-12-10-19/h4-12,15H,13-14,16H2,1-3H3. The highest BCUT2D eigenvalue weighted by Gasteiger charge is 2.22. The summed E-state index contributed by atoms with van der Waals surface area (Å²) < 4.78 is 7.33. The van der Waals surface area contributed by atoms with Crippen LogP contribution in [0, 0.1) is 13.8 Å². The average molecular weight is 363 g/mol. The van der Waals surface area contributed by atoms with Crippen molar-refractivity contribution in [1.82, 2.24) is 14.5 Å². The van der Waals surface area contributed by atoms with Crippen molar-refractivity contribution in [1.29, 1.82) is 0 Å². The van der Waals surface area contributed by atoms with E-state index in [9.17, 15) is 4.79 Å². The summed E-state index contributed by atoms with van der Waals surface area (Å²) in [7, 11) is 1.65. The van der Waals surface area contributed by atoms with Crippen LogP contribution in [-0.2, 0) is 11.3 Å². The maximum absolute atomic E-state index is 13.3. The fourth-order valence-corrected chi connectivity index (χ4v) is 3.29. The SMILES string of the molecule is COCCN(Cc1ccncc1)C(=O)c1cc(C)n(-c2ccccc2)c1C. The fourth-order valence-electron chi connectivity index (χ4n) is 3.29. The monoisotopic (exact) mass is 363 g/mol. The van der Waals surface area contributed by atoms with Gasteiger partial charge in [0.25, 0.3) is 5.91 Å². The smallest absolute Gasteiger partial charge is 0.256 e. The van der Waals surface area contributed by atoms with E-state index < -0.39 is 0 Å². The van der Waals surface area contributed by atoms with Crippen molar-refractivity contribution < 1.29 is 9.53 Å². The Labute approximate surface area is 160 Å². The number of para-hydroxylation sites is 1. The zero-order valence-electron chi connectivity index (χ0n) is 16.1. The van der Waals surface area contributed by atoms with Gasteiger partial charge in [0.05, 0.1) is 12.2 Å². The largest absolute Gasteiger partial charge is 0.383 e. The van der Waals surface area contributed by atoms with Crippen LogP contribution in [0.15, 0.2) is 60.9 Å². The van der Waals surface area contributed by atoms with Gasteiger partial charge in [0.15, 0.2) is 0 Å². The van der Waals surface area contributed by atoms with Crippen LogP contribution in [0.25, 0.3) is 5.69 Å². The third-order valence-corrected chi connectivity index (χ3v) is 4.65. The van der Waals surface area contributed by atoms with Crippen LogP contribution in [-0.4, -0.2) is 40.6 Å². The highest BCUT2D eigenvalue weighted by molar-refractivity contribution is 5.96. The first-order valence-electron chi connectivity index (χ1n) is 9.03. The molecule has 0 bridgehead atoms. The molecule has 0 spiro atoms. The fraction of sp³-hybridized carbons (Fsp3) is 0.273. The number of benzene rings is 1. The number of pyridine rings is 1. The Morgan fingerprint density at radius 3 is 2.48 bits per heavy atom. The Morgan fingerprint density at radius 1 is 1.11 bits per heavy atom. The van der Waals surface area contributed by atoms with Crippen molar-refractivity contribution in [3.8, 4) is 5.69 Å². The molecule has 2 heterocycles. The first-order chi connectivity index (χ1) is 13.1. The van der Waals surface area contributed by atoms with Crippen molar-refractivity contribution in [2.24, 2.45) is 0 Å². The zero-order valence-corrected chi connectivity index (χ0v) is 16.1. The molecule has 5 nitrogen and oxygen atoms in total.